The minimum absolute atomic E-state index is 0.189. The molecule has 1 aromatic carbocycles. The third-order valence-corrected chi connectivity index (χ3v) is 3.65. The third-order valence-electron chi connectivity index (χ3n) is 3.65. The molecule has 0 aliphatic carbocycles. The molecule has 0 aliphatic heterocycles. The molecule has 8 heteroatoms. The Morgan fingerprint density at radius 3 is 2.78 bits per heavy atom. The van der Waals surface area contributed by atoms with Gasteiger partial charge in [0.25, 0.3) is 5.56 Å². The van der Waals surface area contributed by atoms with Crippen LogP contribution in [0.5, 0.6) is 0 Å². The van der Waals surface area contributed by atoms with Crippen LogP contribution in [0.1, 0.15) is 12.5 Å². The molecule has 7 nitrogen and oxygen atoms in total. The van der Waals surface area contributed by atoms with Crippen molar-refractivity contribution in [1.29, 1.82) is 0 Å². The molecule has 0 aliphatic rings. The number of carbonyl (C=O) groups excluding carboxylic acids is 1. The highest BCUT2D eigenvalue weighted by Crippen LogP contribution is 2.16. The standard InChI is InChI=1S/C19H17FN4O3/c1-2-27-19(26)22-17-8-6-13(11-21-17)12-24-18(25)9-7-16(23-24)14-4-3-5-15(20)10-14/h3-11H,2,12H2,1H3,(H,21,22,26). The monoisotopic (exact) mass is 368 g/mol. The average molecular weight is 368 g/mol. The summed E-state index contributed by atoms with van der Waals surface area (Å²) in [4.78, 5) is 27.6. The number of hydrogen-bond donors (Lipinski definition) is 1. The lowest BCUT2D eigenvalue weighted by atomic mass is 10.1. The SMILES string of the molecule is CCOC(=O)Nc1ccc(Cn2nc(-c3cccc(F)c3)ccc2=O)cn1. The Labute approximate surface area is 154 Å². The number of halogens is 1. The number of nitrogens with one attached hydrogen (secondary N) is 1. The van der Waals surface area contributed by atoms with Gasteiger partial charge in [0.15, 0.2) is 0 Å². The van der Waals surface area contributed by atoms with Crippen LogP contribution in [0, 0.1) is 5.82 Å². The van der Waals surface area contributed by atoms with Crippen LogP contribution < -0.4 is 10.9 Å². The Morgan fingerprint density at radius 2 is 2.07 bits per heavy atom. The van der Waals surface area contributed by atoms with Gasteiger partial charge in [0, 0.05) is 17.8 Å². The molecule has 27 heavy (non-hydrogen) atoms. The second kappa shape index (κ2) is 8.22. The predicted octanol–water partition coefficient (Wildman–Crippen LogP) is 3.06. The van der Waals surface area contributed by atoms with Crippen LogP contribution in [0.3, 0.4) is 0 Å². The molecular weight excluding hydrogens is 351 g/mol. The number of anilines is 1. The Morgan fingerprint density at radius 1 is 1.22 bits per heavy atom. The maximum atomic E-state index is 13.4. The highest BCUT2D eigenvalue weighted by Gasteiger charge is 2.07. The van der Waals surface area contributed by atoms with Gasteiger partial charge in [-0.05, 0) is 36.8 Å². The first-order valence-electron chi connectivity index (χ1n) is 8.28. The van der Waals surface area contributed by atoms with Crippen molar-refractivity contribution in [1.82, 2.24) is 14.8 Å². The molecule has 3 aromatic rings. The first-order chi connectivity index (χ1) is 13.0. The largest absolute Gasteiger partial charge is 0.450 e. The van der Waals surface area contributed by atoms with Crippen LogP contribution in [-0.4, -0.2) is 27.5 Å². The molecule has 0 spiro atoms. The number of carbonyl (C=O) groups is 1. The van der Waals surface area contributed by atoms with E-state index in [0.717, 1.165) is 5.56 Å². The summed E-state index contributed by atoms with van der Waals surface area (Å²) >= 11 is 0. The van der Waals surface area contributed by atoms with Crippen molar-refractivity contribution in [2.45, 2.75) is 13.5 Å². The van der Waals surface area contributed by atoms with Gasteiger partial charge in [-0.25, -0.2) is 18.9 Å². The van der Waals surface area contributed by atoms with E-state index < -0.39 is 6.09 Å². The van der Waals surface area contributed by atoms with Gasteiger partial charge < -0.3 is 4.74 Å². The molecule has 2 aromatic heterocycles. The predicted molar refractivity (Wildman–Crippen MR) is 97.9 cm³/mol. The van der Waals surface area contributed by atoms with Gasteiger partial charge in [0.1, 0.15) is 11.6 Å². The summed E-state index contributed by atoms with van der Waals surface area (Å²) in [5, 5.41) is 6.78. The van der Waals surface area contributed by atoms with Crippen LogP contribution in [0.4, 0.5) is 15.0 Å². The van der Waals surface area contributed by atoms with Gasteiger partial charge in [-0.2, -0.15) is 5.10 Å². The van der Waals surface area contributed by atoms with Crippen molar-refractivity contribution in [2.75, 3.05) is 11.9 Å². The van der Waals surface area contributed by atoms with Gasteiger partial charge in [-0.1, -0.05) is 18.2 Å². The topological polar surface area (TPSA) is 86.1 Å². The first-order valence-corrected chi connectivity index (χ1v) is 8.28. The Bertz CT molecular complexity index is 1000. The van der Waals surface area contributed by atoms with E-state index in [2.05, 4.69) is 15.4 Å². The second-order valence-electron chi connectivity index (χ2n) is 5.62. The lowest BCUT2D eigenvalue weighted by Gasteiger charge is -2.08. The summed E-state index contributed by atoms with van der Waals surface area (Å²) < 4.78 is 19.5. The highest BCUT2D eigenvalue weighted by molar-refractivity contribution is 5.83. The van der Waals surface area contributed by atoms with E-state index in [1.165, 1.54) is 29.1 Å². The van der Waals surface area contributed by atoms with Crippen molar-refractivity contribution >= 4 is 11.9 Å². The third kappa shape index (κ3) is 4.75. The smallest absolute Gasteiger partial charge is 0.412 e. The molecule has 0 unspecified atom stereocenters. The summed E-state index contributed by atoms with van der Waals surface area (Å²) in [6.07, 6.45) is 0.947. The number of hydrogen-bond acceptors (Lipinski definition) is 5. The molecule has 1 N–H and O–H groups in total. The Kier molecular flexibility index (Phi) is 5.55. The van der Waals surface area contributed by atoms with Crippen LogP contribution in [-0.2, 0) is 11.3 Å². The van der Waals surface area contributed by atoms with Gasteiger partial charge in [-0.3, -0.25) is 10.1 Å². The zero-order valence-electron chi connectivity index (χ0n) is 14.6. The number of ether oxygens (including phenoxy) is 1. The number of benzene rings is 1. The number of aromatic nitrogens is 3. The average Bonchev–Trinajstić information content (AvgIpc) is 2.65. The summed E-state index contributed by atoms with van der Waals surface area (Å²) in [5.41, 5.74) is 1.50. The zero-order valence-corrected chi connectivity index (χ0v) is 14.6. The molecule has 3 rings (SSSR count). The van der Waals surface area contributed by atoms with Crippen molar-refractivity contribution in [2.24, 2.45) is 0 Å². The summed E-state index contributed by atoms with van der Waals surface area (Å²) in [7, 11) is 0. The number of pyridine rings is 1. The number of nitrogens with zero attached hydrogens (tertiary/aromatic N) is 3. The second-order valence-corrected chi connectivity index (χ2v) is 5.62. The van der Waals surface area contributed by atoms with Crippen molar-refractivity contribution in [3.63, 3.8) is 0 Å². The van der Waals surface area contributed by atoms with Crippen molar-refractivity contribution in [3.8, 4) is 11.3 Å². The minimum Gasteiger partial charge on any atom is -0.450 e. The molecule has 0 bridgehead atoms. The maximum absolute atomic E-state index is 13.4. The molecule has 0 radical (unpaired) electrons. The van der Waals surface area contributed by atoms with Crippen LogP contribution in [0.2, 0.25) is 0 Å². The number of amides is 1. The van der Waals surface area contributed by atoms with Crippen LogP contribution >= 0.6 is 0 Å². The first kappa shape index (κ1) is 18.2. The van der Waals surface area contributed by atoms with E-state index in [1.54, 1.807) is 37.3 Å². The molecule has 0 fully saturated rings. The van der Waals surface area contributed by atoms with E-state index in [1.807, 2.05) is 0 Å². The molecule has 0 saturated carbocycles. The lowest BCUT2D eigenvalue weighted by Crippen LogP contribution is -2.23. The normalized spacial score (nSPS) is 10.4. The van der Waals surface area contributed by atoms with Crippen LogP contribution in [0.15, 0.2) is 59.5 Å². The van der Waals surface area contributed by atoms with Gasteiger partial charge in [0.2, 0.25) is 0 Å². The van der Waals surface area contributed by atoms with Gasteiger partial charge in [-0.15, -0.1) is 0 Å². The van der Waals surface area contributed by atoms with E-state index in [0.29, 0.717) is 17.1 Å². The quantitative estimate of drug-likeness (QED) is 0.748. The lowest BCUT2D eigenvalue weighted by molar-refractivity contribution is 0.168. The Balaban J connectivity index is 1.78. The van der Waals surface area contributed by atoms with Gasteiger partial charge in [0.05, 0.1) is 18.8 Å². The van der Waals surface area contributed by atoms with E-state index in [-0.39, 0.29) is 24.5 Å². The van der Waals surface area contributed by atoms with E-state index in [9.17, 15) is 14.0 Å². The van der Waals surface area contributed by atoms with Crippen molar-refractivity contribution < 1.29 is 13.9 Å². The fraction of sp³-hybridized carbons (Fsp3) is 0.158. The summed E-state index contributed by atoms with van der Waals surface area (Å²) in [6.45, 7) is 2.16. The highest BCUT2D eigenvalue weighted by atomic mass is 19.1. The molecule has 2 heterocycles. The molecule has 138 valence electrons. The minimum atomic E-state index is -0.585. The van der Waals surface area contributed by atoms with Crippen molar-refractivity contribution in [3.05, 3.63) is 76.5 Å². The molecule has 0 saturated heterocycles. The Hall–Kier alpha value is -3.55. The fourth-order valence-corrected chi connectivity index (χ4v) is 2.40. The molecular formula is C19H17FN4O3. The fourth-order valence-electron chi connectivity index (χ4n) is 2.40. The summed E-state index contributed by atoms with van der Waals surface area (Å²) in [6, 6.07) is 12.3. The molecule has 0 atom stereocenters. The van der Waals surface area contributed by atoms with E-state index >= 15 is 0 Å². The molecule has 1 amide bonds. The zero-order chi connectivity index (χ0) is 19.2. The number of rotatable bonds is 5. The summed E-state index contributed by atoms with van der Waals surface area (Å²) in [5.74, 6) is -0.0352. The van der Waals surface area contributed by atoms with Gasteiger partial charge >= 0.3 is 6.09 Å². The van der Waals surface area contributed by atoms with Crippen LogP contribution in [0.25, 0.3) is 11.3 Å². The maximum Gasteiger partial charge on any atom is 0.412 e. The van der Waals surface area contributed by atoms with E-state index in [4.69, 9.17) is 4.74 Å².